The fourth-order valence-corrected chi connectivity index (χ4v) is 3.23. The summed E-state index contributed by atoms with van der Waals surface area (Å²) in [6, 6.07) is 24.8. The number of amides is 1. The van der Waals surface area contributed by atoms with Gasteiger partial charge in [-0.15, -0.1) is 0 Å². The SMILES string of the molecule is CC(N)(C(N)=O)C(O)c1ccc(C(=O)CCc2ccc(-c3ccccc3)cc2)cc1. The summed E-state index contributed by atoms with van der Waals surface area (Å²) < 4.78 is 0. The summed E-state index contributed by atoms with van der Waals surface area (Å²) in [5.41, 5.74) is 13.8. The van der Waals surface area contributed by atoms with Crippen molar-refractivity contribution in [3.63, 3.8) is 0 Å². The van der Waals surface area contributed by atoms with Crippen LogP contribution in [-0.4, -0.2) is 22.3 Å². The summed E-state index contributed by atoms with van der Waals surface area (Å²) in [5.74, 6) is -0.790. The van der Waals surface area contributed by atoms with Crippen LogP contribution in [0.1, 0.15) is 40.9 Å². The van der Waals surface area contributed by atoms with Crippen molar-refractivity contribution >= 4 is 11.7 Å². The van der Waals surface area contributed by atoms with Crippen molar-refractivity contribution in [1.29, 1.82) is 0 Å². The van der Waals surface area contributed by atoms with Gasteiger partial charge in [-0.1, -0.05) is 78.9 Å². The first-order valence-electron chi connectivity index (χ1n) is 9.83. The van der Waals surface area contributed by atoms with E-state index < -0.39 is 17.6 Å². The van der Waals surface area contributed by atoms with Crippen molar-refractivity contribution < 1.29 is 14.7 Å². The average molecular weight is 402 g/mol. The van der Waals surface area contributed by atoms with Crippen LogP contribution in [0.15, 0.2) is 78.9 Å². The molecule has 0 bridgehead atoms. The molecular weight excluding hydrogens is 376 g/mol. The second-order valence-electron chi connectivity index (χ2n) is 7.66. The smallest absolute Gasteiger partial charge is 0.240 e. The number of ketones is 1. The second kappa shape index (κ2) is 9.03. The number of rotatable bonds is 8. The lowest BCUT2D eigenvalue weighted by molar-refractivity contribution is -0.126. The van der Waals surface area contributed by atoms with Crippen molar-refractivity contribution in [3.8, 4) is 11.1 Å². The minimum Gasteiger partial charge on any atom is -0.386 e. The molecule has 30 heavy (non-hydrogen) atoms. The number of benzene rings is 3. The van der Waals surface area contributed by atoms with Gasteiger partial charge in [-0.2, -0.15) is 0 Å². The van der Waals surface area contributed by atoms with Crippen LogP contribution in [0.5, 0.6) is 0 Å². The number of primary amides is 1. The lowest BCUT2D eigenvalue weighted by atomic mass is 9.89. The van der Waals surface area contributed by atoms with Gasteiger partial charge >= 0.3 is 0 Å². The Balaban J connectivity index is 1.60. The Kier molecular flexibility index (Phi) is 6.45. The first kappa shape index (κ1) is 21.4. The monoisotopic (exact) mass is 402 g/mol. The molecule has 5 N–H and O–H groups in total. The van der Waals surface area contributed by atoms with Crippen LogP contribution in [-0.2, 0) is 11.2 Å². The molecule has 0 aliphatic carbocycles. The molecule has 3 rings (SSSR count). The Morgan fingerprint density at radius 1 is 0.900 bits per heavy atom. The van der Waals surface area contributed by atoms with Gasteiger partial charge in [0.15, 0.2) is 5.78 Å². The standard InChI is InChI=1S/C25H26N2O3/c1-25(27,24(26)30)23(29)21-14-12-20(13-15-21)22(28)16-9-17-7-10-19(11-8-17)18-5-3-2-4-6-18/h2-8,10-15,23,29H,9,16,27H2,1H3,(H2,26,30). The molecule has 0 fully saturated rings. The number of nitrogens with two attached hydrogens (primary N) is 2. The summed E-state index contributed by atoms with van der Waals surface area (Å²) in [6.07, 6.45) is -0.231. The maximum Gasteiger partial charge on any atom is 0.240 e. The van der Waals surface area contributed by atoms with Crippen LogP contribution in [0.3, 0.4) is 0 Å². The lowest BCUT2D eigenvalue weighted by Gasteiger charge is -2.27. The maximum atomic E-state index is 12.5. The van der Waals surface area contributed by atoms with Crippen LogP contribution < -0.4 is 11.5 Å². The molecule has 0 spiro atoms. The second-order valence-corrected chi connectivity index (χ2v) is 7.66. The Bertz CT molecular complexity index is 1010. The Labute approximate surface area is 176 Å². The van der Waals surface area contributed by atoms with Crippen LogP contribution in [0.4, 0.5) is 0 Å². The number of carbonyl (C=O) groups is 2. The molecule has 0 aromatic heterocycles. The number of Topliss-reactive ketones (excluding diaryl/α,β-unsaturated/α-hetero) is 1. The molecule has 0 aliphatic heterocycles. The molecule has 0 heterocycles. The third kappa shape index (κ3) is 4.82. The molecule has 154 valence electrons. The summed E-state index contributed by atoms with van der Waals surface area (Å²) in [5, 5.41) is 10.3. The van der Waals surface area contributed by atoms with Crippen LogP contribution in [0.25, 0.3) is 11.1 Å². The van der Waals surface area contributed by atoms with E-state index in [1.54, 1.807) is 24.3 Å². The largest absolute Gasteiger partial charge is 0.386 e. The van der Waals surface area contributed by atoms with Crippen molar-refractivity contribution in [3.05, 3.63) is 95.6 Å². The van der Waals surface area contributed by atoms with Gasteiger partial charge in [-0.3, -0.25) is 9.59 Å². The van der Waals surface area contributed by atoms with Gasteiger partial charge in [0.2, 0.25) is 5.91 Å². The molecule has 2 atom stereocenters. The number of aryl methyl sites for hydroxylation is 1. The fourth-order valence-electron chi connectivity index (χ4n) is 3.23. The number of aliphatic hydroxyl groups is 1. The first-order chi connectivity index (χ1) is 14.3. The minimum absolute atomic E-state index is 0.00795. The van der Waals surface area contributed by atoms with E-state index in [-0.39, 0.29) is 5.78 Å². The van der Waals surface area contributed by atoms with E-state index in [1.165, 1.54) is 6.92 Å². The third-order valence-corrected chi connectivity index (χ3v) is 5.35. The van der Waals surface area contributed by atoms with E-state index in [9.17, 15) is 14.7 Å². The highest BCUT2D eigenvalue weighted by Gasteiger charge is 2.35. The fraction of sp³-hybridized carbons (Fsp3) is 0.200. The summed E-state index contributed by atoms with van der Waals surface area (Å²) in [4.78, 5) is 23.9. The molecule has 0 radical (unpaired) electrons. The van der Waals surface area contributed by atoms with Crippen molar-refractivity contribution in [2.24, 2.45) is 11.5 Å². The summed E-state index contributed by atoms with van der Waals surface area (Å²) in [6.45, 7) is 1.38. The molecule has 3 aromatic carbocycles. The number of carbonyl (C=O) groups excluding carboxylic acids is 2. The van der Waals surface area contributed by atoms with Crippen LogP contribution in [0, 0.1) is 0 Å². The predicted molar refractivity (Wildman–Crippen MR) is 118 cm³/mol. The van der Waals surface area contributed by atoms with E-state index in [4.69, 9.17) is 11.5 Å². The zero-order chi connectivity index (χ0) is 21.7. The van der Waals surface area contributed by atoms with Gasteiger partial charge in [-0.25, -0.2) is 0 Å². The van der Waals surface area contributed by atoms with Crippen molar-refractivity contribution in [2.45, 2.75) is 31.4 Å². The molecule has 3 aromatic rings. The molecule has 0 saturated heterocycles. The lowest BCUT2D eigenvalue weighted by Crippen LogP contribution is -2.53. The van der Waals surface area contributed by atoms with Gasteiger partial charge in [0.1, 0.15) is 11.6 Å². The number of hydrogen-bond acceptors (Lipinski definition) is 4. The zero-order valence-electron chi connectivity index (χ0n) is 16.9. The van der Waals surface area contributed by atoms with Crippen molar-refractivity contribution in [1.82, 2.24) is 0 Å². The highest BCUT2D eigenvalue weighted by molar-refractivity contribution is 5.96. The van der Waals surface area contributed by atoms with Crippen LogP contribution in [0.2, 0.25) is 0 Å². The number of aliphatic hydroxyl groups excluding tert-OH is 1. The third-order valence-electron chi connectivity index (χ3n) is 5.35. The normalized spacial score (nSPS) is 14.0. The van der Waals surface area contributed by atoms with E-state index in [0.717, 1.165) is 16.7 Å². The van der Waals surface area contributed by atoms with Gasteiger partial charge in [0.05, 0.1) is 0 Å². The highest BCUT2D eigenvalue weighted by Crippen LogP contribution is 2.24. The Morgan fingerprint density at radius 2 is 1.47 bits per heavy atom. The molecule has 5 heteroatoms. The summed E-state index contributed by atoms with van der Waals surface area (Å²) >= 11 is 0. The van der Waals surface area contributed by atoms with E-state index in [0.29, 0.717) is 24.0 Å². The number of hydrogen-bond donors (Lipinski definition) is 3. The minimum atomic E-state index is -1.59. The molecule has 1 amide bonds. The van der Waals surface area contributed by atoms with E-state index >= 15 is 0 Å². The summed E-state index contributed by atoms with van der Waals surface area (Å²) in [7, 11) is 0. The molecular formula is C25H26N2O3. The van der Waals surface area contributed by atoms with Gasteiger partial charge in [0.25, 0.3) is 0 Å². The molecule has 2 unspecified atom stereocenters. The van der Waals surface area contributed by atoms with Gasteiger partial charge in [0, 0.05) is 12.0 Å². The topological polar surface area (TPSA) is 106 Å². The molecule has 0 saturated carbocycles. The molecule has 5 nitrogen and oxygen atoms in total. The highest BCUT2D eigenvalue weighted by atomic mass is 16.3. The van der Waals surface area contributed by atoms with Gasteiger partial charge < -0.3 is 16.6 Å². The predicted octanol–water partition coefficient (Wildman–Crippen LogP) is 3.41. The van der Waals surface area contributed by atoms with Crippen molar-refractivity contribution in [2.75, 3.05) is 0 Å². The van der Waals surface area contributed by atoms with Crippen LogP contribution >= 0.6 is 0 Å². The Morgan fingerprint density at radius 3 is 2.03 bits per heavy atom. The maximum absolute atomic E-state index is 12.5. The average Bonchev–Trinajstić information content (AvgIpc) is 2.78. The quantitative estimate of drug-likeness (QED) is 0.502. The first-order valence-corrected chi connectivity index (χ1v) is 9.83. The molecule has 0 aliphatic rings. The Hall–Kier alpha value is -3.28. The van der Waals surface area contributed by atoms with Gasteiger partial charge in [-0.05, 0) is 35.6 Å². The van der Waals surface area contributed by atoms with E-state index in [1.807, 2.05) is 30.3 Å². The zero-order valence-corrected chi connectivity index (χ0v) is 16.9. The van der Waals surface area contributed by atoms with E-state index in [2.05, 4.69) is 24.3 Å².